The summed E-state index contributed by atoms with van der Waals surface area (Å²) in [5.41, 5.74) is 1.30. The van der Waals surface area contributed by atoms with Crippen molar-refractivity contribution in [2.24, 2.45) is 5.41 Å². The fraction of sp³-hybridized carbons (Fsp3) is 0.286. The van der Waals surface area contributed by atoms with Crippen LogP contribution >= 0.6 is 11.6 Å². The summed E-state index contributed by atoms with van der Waals surface area (Å²) in [7, 11) is 0. The minimum atomic E-state index is -1.54. The molecule has 7 nitrogen and oxygen atoms in total. The number of carbonyl (C=O) groups is 2. The van der Waals surface area contributed by atoms with Crippen molar-refractivity contribution < 1.29 is 14.0 Å². The van der Waals surface area contributed by atoms with Gasteiger partial charge in [-0.05, 0) is 55.8 Å². The van der Waals surface area contributed by atoms with Crippen molar-refractivity contribution in [2.75, 3.05) is 5.32 Å². The molecule has 0 unspecified atom stereocenters. The molecular weight excluding hydrogens is 493 g/mol. The number of hydrogen-bond donors (Lipinski definition) is 2. The average molecular weight is 522 g/mol. The lowest BCUT2D eigenvalue weighted by Gasteiger charge is -2.18. The van der Waals surface area contributed by atoms with Gasteiger partial charge in [0.15, 0.2) is 0 Å². The zero-order valence-electron chi connectivity index (χ0n) is 21.4. The average Bonchev–Trinajstić information content (AvgIpc) is 3.27. The van der Waals surface area contributed by atoms with Crippen molar-refractivity contribution in [1.82, 2.24) is 20.1 Å². The van der Waals surface area contributed by atoms with Crippen LogP contribution in [0.15, 0.2) is 60.9 Å². The van der Waals surface area contributed by atoms with Gasteiger partial charge in [0.25, 0.3) is 5.91 Å². The Bertz CT molecular complexity index is 1470. The second-order valence-corrected chi connectivity index (χ2v) is 10.8. The van der Waals surface area contributed by atoms with E-state index in [1.807, 2.05) is 32.9 Å². The third-order valence-corrected chi connectivity index (χ3v) is 6.20. The number of benzene rings is 2. The Balaban J connectivity index is 1.57. The fourth-order valence-corrected chi connectivity index (χ4v) is 3.93. The Hall–Kier alpha value is -3.78. The first-order chi connectivity index (χ1) is 17.3. The first-order valence-electron chi connectivity index (χ1n) is 11.9. The molecule has 0 bridgehead atoms. The Morgan fingerprint density at radius 1 is 1.03 bits per heavy atom. The van der Waals surface area contributed by atoms with Gasteiger partial charge in [-0.25, -0.2) is 9.07 Å². The van der Waals surface area contributed by atoms with E-state index in [0.29, 0.717) is 27.7 Å². The quantitative estimate of drug-likeness (QED) is 0.316. The van der Waals surface area contributed by atoms with Gasteiger partial charge < -0.3 is 10.6 Å². The van der Waals surface area contributed by atoms with Gasteiger partial charge in [0.05, 0.1) is 45.6 Å². The minimum Gasteiger partial charge on any atom is -0.352 e. The number of carbonyl (C=O) groups excluding carboxylic acids is 2. The van der Waals surface area contributed by atoms with Crippen LogP contribution in [0, 0.1) is 5.41 Å². The molecule has 4 aromatic rings. The van der Waals surface area contributed by atoms with Gasteiger partial charge in [0, 0.05) is 17.3 Å². The van der Waals surface area contributed by atoms with E-state index in [2.05, 4.69) is 20.7 Å². The summed E-state index contributed by atoms with van der Waals surface area (Å²) >= 11 is 6.34. The molecule has 0 aliphatic rings. The van der Waals surface area contributed by atoms with Crippen LogP contribution in [0.1, 0.15) is 56.2 Å². The molecule has 37 heavy (non-hydrogen) atoms. The van der Waals surface area contributed by atoms with Crippen molar-refractivity contribution in [3.8, 4) is 5.69 Å². The van der Waals surface area contributed by atoms with E-state index < -0.39 is 11.1 Å². The topological polar surface area (TPSA) is 88.9 Å². The van der Waals surface area contributed by atoms with Gasteiger partial charge in [0.2, 0.25) is 5.91 Å². The number of nitrogens with zero attached hydrogens (tertiary/aromatic N) is 3. The Kier molecular flexibility index (Phi) is 7.06. The van der Waals surface area contributed by atoms with Gasteiger partial charge in [-0.3, -0.25) is 14.6 Å². The molecule has 2 N–H and O–H groups in total. The molecule has 0 saturated carbocycles. The van der Waals surface area contributed by atoms with Gasteiger partial charge >= 0.3 is 0 Å². The number of hydrogen-bond acceptors (Lipinski definition) is 4. The number of aromatic nitrogens is 3. The summed E-state index contributed by atoms with van der Waals surface area (Å²) in [5, 5.41) is 11.3. The molecule has 192 valence electrons. The monoisotopic (exact) mass is 521 g/mol. The summed E-state index contributed by atoms with van der Waals surface area (Å²) in [5.74, 6) is -0.471. The molecule has 2 heterocycles. The number of anilines is 1. The lowest BCUT2D eigenvalue weighted by molar-refractivity contribution is -0.128. The number of fused-ring (bicyclic) bond motifs is 1. The first kappa shape index (κ1) is 26.3. The van der Waals surface area contributed by atoms with Crippen LogP contribution in [0.2, 0.25) is 5.02 Å². The zero-order valence-corrected chi connectivity index (χ0v) is 22.2. The summed E-state index contributed by atoms with van der Waals surface area (Å²) < 4.78 is 15.9. The Morgan fingerprint density at radius 3 is 2.43 bits per heavy atom. The highest BCUT2D eigenvalue weighted by molar-refractivity contribution is 6.34. The van der Waals surface area contributed by atoms with Crippen LogP contribution in [0.5, 0.6) is 0 Å². The molecule has 0 atom stereocenters. The molecule has 2 aromatic heterocycles. The van der Waals surface area contributed by atoms with E-state index in [4.69, 9.17) is 11.6 Å². The number of alkyl halides is 1. The summed E-state index contributed by atoms with van der Waals surface area (Å²) in [4.78, 5) is 29.6. The number of amides is 2. The standard InChI is InChI=1S/C28H29ClFN5O2/c1-27(2,3)26(37)32-14-17-9-11-21(29)19(13-17)25(36)34-22-7-6-8-23-20(22)16-33-35(23)18-10-12-24(31-15-18)28(4,5)30/h6-13,15-16H,14H2,1-5H3,(H,32,37)(H,34,36). The number of rotatable bonds is 6. The van der Waals surface area contributed by atoms with Crippen molar-refractivity contribution in [3.63, 3.8) is 0 Å². The van der Waals surface area contributed by atoms with E-state index in [9.17, 15) is 14.0 Å². The van der Waals surface area contributed by atoms with Crippen molar-refractivity contribution in [3.05, 3.63) is 82.8 Å². The van der Waals surface area contributed by atoms with Gasteiger partial charge in [0.1, 0.15) is 5.67 Å². The second kappa shape index (κ2) is 9.94. The van der Waals surface area contributed by atoms with Crippen molar-refractivity contribution in [2.45, 2.75) is 46.8 Å². The maximum absolute atomic E-state index is 14.2. The van der Waals surface area contributed by atoms with Crippen LogP contribution < -0.4 is 10.6 Å². The fourth-order valence-electron chi connectivity index (χ4n) is 3.72. The van der Waals surface area contributed by atoms with E-state index in [1.54, 1.807) is 53.5 Å². The number of nitrogens with one attached hydrogen (secondary N) is 2. The first-order valence-corrected chi connectivity index (χ1v) is 12.2. The van der Waals surface area contributed by atoms with Crippen molar-refractivity contribution in [1.29, 1.82) is 0 Å². The van der Waals surface area contributed by atoms with E-state index in [1.165, 1.54) is 13.8 Å². The predicted octanol–water partition coefficient (Wildman–Crippen LogP) is 6.19. The molecule has 0 saturated heterocycles. The van der Waals surface area contributed by atoms with E-state index in [-0.39, 0.29) is 18.4 Å². The normalized spacial score (nSPS) is 12.0. The molecule has 4 rings (SSSR count). The van der Waals surface area contributed by atoms with E-state index in [0.717, 1.165) is 16.5 Å². The van der Waals surface area contributed by atoms with Crippen molar-refractivity contribution >= 4 is 40.0 Å². The highest BCUT2D eigenvalue weighted by atomic mass is 35.5. The molecule has 0 fully saturated rings. The van der Waals surface area contributed by atoms with Crippen LogP contribution in [-0.4, -0.2) is 26.6 Å². The highest BCUT2D eigenvalue weighted by Crippen LogP contribution is 2.28. The largest absolute Gasteiger partial charge is 0.352 e. The highest BCUT2D eigenvalue weighted by Gasteiger charge is 2.22. The lowest BCUT2D eigenvalue weighted by atomic mass is 9.95. The molecular formula is C28H29ClFN5O2. The molecule has 2 amide bonds. The lowest BCUT2D eigenvalue weighted by Crippen LogP contribution is -2.34. The third-order valence-electron chi connectivity index (χ3n) is 5.87. The van der Waals surface area contributed by atoms with Crippen LogP contribution in [0.25, 0.3) is 16.6 Å². The Morgan fingerprint density at radius 2 is 1.78 bits per heavy atom. The molecule has 0 aliphatic heterocycles. The molecule has 0 radical (unpaired) electrons. The SMILES string of the molecule is CC(C)(C)C(=O)NCc1ccc(Cl)c(C(=O)Nc2cccc3c2cnn3-c2ccc(C(C)(C)F)nc2)c1. The van der Waals surface area contributed by atoms with Gasteiger partial charge in [-0.1, -0.05) is 44.5 Å². The minimum absolute atomic E-state index is 0.0876. The summed E-state index contributed by atoms with van der Waals surface area (Å²) in [6, 6.07) is 13.9. The molecule has 9 heteroatoms. The smallest absolute Gasteiger partial charge is 0.257 e. The summed E-state index contributed by atoms with van der Waals surface area (Å²) in [6.45, 7) is 8.70. The van der Waals surface area contributed by atoms with Crippen LogP contribution in [-0.2, 0) is 17.0 Å². The predicted molar refractivity (Wildman–Crippen MR) is 144 cm³/mol. The third kappa shape index (κ3) is 5.80. The number of pyridine rings is 1. The van der Waals surface area contributed by atoms with Gasteiger partial charge in [-0.15, -0.1) is 0 Å². The molecule has 0 spiro atoms. The molecule has 2 aromatic carbocycles. The zero-order chi connectivity index (χ0) is 27.0. The molecule has 0 aliphatic carbocycles. The second-order valence-electron chi connectivity index (χ2n) is 10.4. The maximum Gasteiger partial charge on any atom is 0.257 e. The Labute approximate surface area is 220 Å². The van der Waals surface area contributed by atoms with Crippen LogP contribution in [0.3, 0.4) is 0 Å². The van der Waals surface area contributed by atoms with Crippen LogP contribution in [0.4, 0.5) is 10.1 Å². The van der Waals surface area contributed by atoms with E-state index >= 15 is 0 Å². The maximum atomic E-state index is 14.2. The number of halogens is 2. The van der Waals surface area contributed by atoms with Gasteiger partial charge in [-0.2, -0.15) is 5.10 Å². The summed E-state index contributed by atoms with van der Waals surface area (Å²) in [6.07, 6.45) is 3.22.